The maximum atomic E-state index is 12.9. The van der Waals surface area contributed by atoms with Crippen molar-refractivity contribution in [2.45, 2.75) is 44.2 Å². The molecule has 1 aromatic rings. The summed E-state index contributed by atoms with van der Waals surface area (Å²) in [5, 5.41) is 0.857. The summed E-state index contributed by atoms with van der Waals surface area (Å²) in [5.41, 5.74) is 0. The number of nitrogens with zero attached hydrogens (tertiary/aromatic N) is 1. The molecule has 1 atom stereocenters. The predicted molar refractivity (Wildman–Crippen MR) is 103 cm³/mol. The van der Waals surface area contributed by atoms with Crippen molar-refractivity contribution in [3.8, 4) is 5.75 Å². The lowest BCUT2D eigenvalue weighted by Gasteiger charge is -2.34. The third kappa shape index (κ3) is 4.58. The monoisotopic (exact) mass is 439 g/mol. The minimum Gasteiger partial charge on any atom is -0.482 e. The van der Waals surface area contributed by atoms with Crippen LogP contribution < -0.4 is 4.74 Å². The molecule has 0 N–H and O–H groups in total. The normalized spacial score (nSPS) is 22.5. The van der Waals surface area contributed by atoms with Gasteiger partial charge >= 0.3 is 0 Å². The number of hydrogen-bond donors (Lipinski definition) is 0. The van der Waals surface area contributed by atoms with E-state index in [1.807, 2.05) is 0 Å². The van der Waals surface area contributed by atoms with Crippen molar-refractivity contribution >= 4 is 50.5 Å². The Morgan fingerprint density at radius 2 is 1.69 bits per heavy atom. The van der Waals surface area contributed by atoms with E-state index in [0.717, 1.165) is 25.7 Å². The fourth-order valence-electron chi connectivity index (χ4n) is 3.71. The molecule has 0 aromatic heterocycles. The zero-order valence-electron chi connectivity index (χ0n) is 14.1. The fraction of sp³-hybridized carbons (Fsp3) is 0.588. The van der Waals surface area contributed by atoms with Crippen LogP contribution in [0.4, 0.5) is 0 Å². The topological polar surface area (TPSA) is 63.7 Å². The minimum absolute atomic E-state index is 0.0305. The van der Waals surface area contributed by atoms with Crippen molar-refractivity contribution in [1.29, 1.82) is 0 Å². The van der Waals surface area contributed by atoms with Crippen molar-refractivity contribution in [3.63, 3.8) is 0 Å². The highest BCUT2D eigenvalue weighted by atomic mass is 35.5. The van der Waals surface area contributed by atoms with Gasteiger partial charge in [0.15, 0.2) is 16.4 Å². The highest BCUT2D eigenvalue weighted by Gasteiger charge is 2.39. The molecular formula is C17H20Cl3NO4S. The minimum atomic E-state index is -3.08. The Morgan fingerprint density at radius 1 is 1.04 bits per heavy atom. The molecule has 144 valence electrons. The second kappa shape index (κ2) is 8.13. The van der Waals surface area contributed by atoms with E-state index < -0.39 is 9.84 Å². The zero-order valence-corrected chi connectivity index (χ0v) is 17.2. The predicted octanol–water partition coefficient (Wildman–Crippen LogP) is 3.98. The lowest BCUT2D eigenvalue weighted by Crippen LogP contribution is -2.48. The first kappa shape index (κ1) is 20.1. The molecule has 1 heterocycles. The quantitative estimate of drug-likeness (QED) is 0.650. The average molecular weight is 441 g/mol. The van der Waals surface area contributed by atoms with E-state index in [9.17, 15) is 13.2 Å². The summed E-state index contributed by atoms with van der Waals surface area (Å²) in [6.45, 7) is -0.218. The van der Waals surface area contributed by atoms with Crippen LogP contribution >= 0.6 is 34.8 Å². The number of rotatable bonds is 5. The summed E-state index contributed by atoms with van der Waals surface area (Å²) in [6.07, 6.45) is 4.38. The fourth-order valence-corrected chi connectivity index (χ4v) is 6.01. The summed E-state index contributed by atoms with van der Waals surface area (Å²) in [6, 6.07) is 2.74. The van der Waals surface area contributed by atoms with Gasteiger partial charge in [-0.25, -0.2) is 8.42 Å². The number of amides is 1. The van der Waals surface area contributed by atoms with Gasteiger partial charge in [0.2, 0.25) is 0 Å². The Morgan fingerprint density at radius 3 is 2.31 bits per heavy atom. The molecule has 9 heteroatoms. The van der Waals surface area contributed by atoms with Crippen molar-refractivity contribution in [2.75, 3.05) is 18.1 Å². The van der Waals surface area contributed by atoms with Crippen LogP contribution in [0.5, 0.6) is 5.75 Å². The summed E-state index contributed by atoms with van der Waals surface area (Å²) in [7, 11) is -3.08. The van der Waals surface area contributed by atoms with Crippen molar-refractivity contribution in [1.82, 2.24) is 4.90 Å². The number of sulfone groups is 1. The van der Waals surface area contributed by atoms with Gasteiger partial charge in [0.1, 0.15) is 5.75 Å². The second-order valence-electron chi connectivity index (χ2n) is 6.78. The first-order valence-electron chi connectivity index (χ1n) is 8.56. The molecule has 1 amide bonds. The Balaban J connectivity index is 1.72. The second-order valence-corrected chi connectivity index (χ2v) is 10.2. The van der Waals surface area contributed by atoms with Crippen LogP contribution in [-0.4, -0.2) is 49.4 Å². The first-order valence-corrected chi connectivity index (χ1v) is 11.5. The van der Waals surface area contributed by atoms with Gasteiger partial charge in [0.25, 0.3) is 5.91 Å². The van der Waals surface area contributed by atoms with E-state index in [-0.39, 0.29) is 51.9 Å². The van der Waals surface area contributed by atoms with Crippen LogP contribution in [0.2, 0.25) is 15.1 Å². The van der Waals surface area contributed by atoms with Crippen molar-refractivity contribution < 1.29 is 17.9 Å². The van der Waals surface area contributed by atoms with E-state index in [0.29, 0.717) is 11.4 Å². The van der Waals surface area contributed by atoms with Gasteiger partial charge in [-0.1, -0.05) is 47.6 Å². The summed E-state index contributed by atoms with van der Waals surface area (Å²) in [5.74, 6) is 0.220. The Labute approximate surface area is 168 Å². The molecule has 1 saturated carbocycles. The van der Waals surface area contributed by atoms with E-state index in [4.69, 9.17) is 39.5 Å². The number of carbonyl (C=O) groups excluding carboxylic acids is 1. The Kier molecular flexibility index (Phi) is 6.27. The molecule has 26 heavy (non-hydrogen) atoms. The number of carbonyl (C=O) groups is 1. The van der Waals surface area contributed by atoms with Crippen molar-refractivity contribution in [2.24, 2.45) is 0 Å². The average Bonchev–Trinajstić information content (AvgIpc) is 3.20. The van der Waals surface area contributed by atoms with Crippen LogP contribution in [0.25, 0.3) is 0 Å². The van der Waals surface area contributed by atoms with Gasteiger partial charge in [-0.2, -0.15) is 0 Å². The maximum Gasteiger partial charge on any atom is 0.261 e. The van der Waals surface area contributed by atoms with E-state index in [1.54, 1.807) is 4.90 Å². The first-order chi connectivity index (χ1) is 12.3. The number of benzene rings is 1. The van der Waals surface area contributed by atoms with Crippen LogP contribution in [0.3, 0.4) is 0 Å². The number of ether oxygens (including phenoxy) is 1. The molecule has 0 bridgehead atoms. The highest BCUT2D eigenvalue weighted by Crippen LogP contribution is 2.34. The summed E-state index contributed by atoms with van der Waals surface area (Å²) >= 11 is 17.9. The molecule has 2 fully saturated rings. The van der Waals surface area contributed by atoms with Gasteiger partial charge in [-0.3, -0.25) is 4.79 Å². The molecule has 1 aliphatic carbocycles. The highest BCUT2D eigenvalue weighted by molar-refractivity contribution is 7.91. The molecule has 1 saturated heterocycles. The van der Waals surface area contributed by atoms with Gasteiger partial charge < -0.3 is 9.64 Å². The molecule has 0 spiro atoms. The lowest BCUT2D eigenvalue weighted by molar-refractivity contribution is -0.137. The molecule has 0 radical (unpaired) electrons. The third-order valence-corrected chi connectivity index (χ3v) is 7.70. The molecule has 3 rings (SSSR count). The van der Waals surface area contributed by atoms with E-state index in [1.165, 1.54) is 12.1 Å². The molecular weight excluding hydrogens is 421 g/mol. The van der Waals surface area contributed by atoms with E-state index in [2.05, 4.69) is 0 Å². The number of halogens is 3. The number of hydrogen-bond acceptors (Lipinski definition) is 4. The van der Waals surface area contributed by atoms with Gasteiger partial charge in [-0.15, -0.1) is 0 Å². The third-order valence-electron chi connectivity index (χ3n) is 4.93. The van der Waals surface area contributed by atoms with Crippen LogP contribution in [0.1, 0.15) is 32.1 Å². The SMILES string of the molecule is O=C(COc1cc(Cl)c(Cl)cc1Cl)N(C1CCCC1)[C@@H]1CCS(=O)(=O)C1. The van der Waals surface area contributed by atoms with Crippen LogP contribution in [-0.2, 0) is 14.6 Å². The van der Waals surface area contributed by atoms with E-state index >= 15 is 0 Å². The summed E-state index contributed by atoms with van der Waals surface area (Å²) in [4.78, 5) is 14.6. The maximum absolute atomic E-state index is 12.9. The van der Waals surface area contributed by atoms with Crippen LogP contribution in [0, 0.1) is 0 Å². The lowest BCUT2D eigenvalue weighted by atomic mass is 10.1. The standard InChI is InChI=1S/C17H20Cl3NO4S/c18-13-7-15(20)16(8-14(13)19)25-9-17(22)21(11-3-1-2-4-11)12-5-6-26(23,24)10-12/h7-8,11-12H,1-6,9-10H2/t12-/m1/s1. The summed E-state index contributed by atoms with van der Waals surface area (Å²) < 4.78 is 29.3. The van der Waals surface area contributed by atoms with Gasteiger partial charge in [0.05, 0.1) is 26.6 Å². The van der Waals surface area contributed by atoms with Crippen molar-refractivity contribution in [3.05, 3.63) is 27.2 Å². The molecule has 2 aliphatic rings. The molecule has 0 unspecified atom stereocenters. The van der Waals surface area contributed by atoms with Crippen LogP contribution in [0.15, 0.2) is 12.1 Å². The zero-order chi connectivity index (χ0) is 18.9. The Hall–Kier alpha value is -0.690. The molecule has 1 aliphatic heterocycles. The Bertz CT molecular complexity index is 793. The molecule has 1 aromatic carbocycles. The molecule has 5 nitrogen and oxygen atoms in total. The van der Waals surface area contributed by atoms with Gasteiger partial charge in [0, 0.05) is 18.2 Å². The van der Waals surface area contributed by atoms with Gasteiger partial charge in [-0.05, 0) is 25.3 Å². The largest absolute Gasteiger partial charge is 0.482 e. The smallest absolute Gasteiger partial charge is 0.261 e.